The Morgan fingerprint density at radius 1 is 1.04 bits per heavy atom. The predicted octanol–water partition coefficient (Wildman–Crippen LogP) is 3.37. The van der Waals surface area contributed by atoms with Gasteiger partial charge in [0, 0.05) is 30.0 Å². The van der Waals surface area contributed by atoms with Crippen LogP contribution in [0.2, 0.25) is 0 Å². The lowest BCUT2D eigenvalue weighted by Crippen LogP contribution is -2.21. The summed E-state index contributed by atoms with van der Waals surface area (Å²) in [4.78, 5) is 18.6. The van der Waals surface area contributed by atoms with Crippen LogP contribution in [0.25, 0.3) is 5.69 Å². The van der Waals surface area contributed by atoms with Crippen molar-refractivity contribution in [1.82, 2.24) is 14.8 Å². The summed E-state index contributed by atoms with van der Waals surface area (Å²) in [7, 11) is 0. The second kappa shape index (κ2) is 7.61. The van der Waals surface area contributed by atoms with Crippen LogP contribution < -0.4 is 10.2 Å². The Morgan fingerprint density at radius 2 is 1.72 bits per heavy atom. The third-order valence-corrected chi connectivity index (χ3v) is 4.07. The highest BCUT2D eigenvalue weighted by molar-refractivity contribution is 6.04. The number of aromatic nitrogens is 3. The molecule has 6 nitrogen and oxygen atoms in total. The van der Waals surface area contributed by atoms with E-state index in [1.165, 1.54) is 6.33 Å². The van der Waals surface area contributed by atoms with E-state index in [0.717, 1.165) is 30.2 Å². The van der Waals surface area contributed by atoms with Gasteiger partial charge in [-0.25, -0.2) is 9.67 Å². The number of rotatable bonds is 6. The molecule has 0 aliphatic rings. The number of hydrogen-bond acceptors (Lipinski definition) is 4. The Balaban J connectivity index is 1.67. The molecule has 0 spiro atoms. The Morgan fingerprint density at radius 3 is 2.28 bits per heavy atom. The van der Waals surface area contributed by atoms with Crippen molar-refractivity contribution < 1.29 is 4.79 Å². The van der Waals surface area contributed by atoms with Crippen LogP contribution in [0.4, 0.5) is 11.4 Å². The first-order valence-corrected chi connectivity index (χ1v) is 8.32. The highest BCUT2D eigenvalue weighted by Crippen LogP contribution is 2.18. The summed E-state index contributed by atoms with van der Waals surface area (Å²) in [5.41, 5.74) is 3.38. The van der Waals surface area contributed by atoms with Crippen LogP contribution in [0.15, 0.2) is 61.2 Å². The van der Waals surface area contributed by atoms with Gasteiger partial charge < -0.3 is 10.2 Å². The molecule has 2 aromatic carbocycles. The van der Waals surface area contributed by atoms with Crippen LogP contribution in [0.1, 0.15) is 24.2 Å². The van der Waals surface area contributed by atoms with E-state index in [1.807, 2.05) is 36.4 Å². The first-order chi connectivity index (χ1) is 12.2. The molecule has 6 heteroatoms. The fraction of sp³-hybridized carbons (Fsp3) is 0.211. The Hall–Kier alpha value is -3.15. The van der Waals surface area contributed by atoms with Gasteiger partial charge in [-0.1, -0.05) is 0 Å². The summed E-state index contributed by atoms with van der Waals surface area (Å²) in [5, 5.41) is 6.99. The molecule has 25 heavy (non-hydrogen) atoms. The minimum atomic E-state index is -0.138. The minimum Gasteiger partial charge on any atom is -0.372 e. The number of anilines is 2. The van der Waals surface area contributed by atoms with E-state index in [1.54, 1.807) is 23.1 Å². The zero-order valence-electron chi connectivity index (χ0n) is 14.4. The zero-order valence-corrected chi connectivity index (χ0v) is 14.4. The average Bonchev–Trinajstić information content (AvgIpc) is 3.19. The number of hydrogen-bond donors (Lipinski definition) is 1. The van der Waals surface area contributed by atoms with Crippen molar-refractivity contribution in [3.05, 3.63) is 66.7 Å². The first kappa shape index (κ1) is 16.7. The van der Waals surface area contributed by atoms with Crippen molar-refractivity contribution in [2.75, 3.05) is 23.3 Å². The van der Waals surface area contributed by atoms with Gasteiger partial charge in [0.2, 0.25) is 0 Å². The standard InChI is InChI=1S/C19H21N5O/c1-3-23(4-2)17-11-7-16(8-12-17)22-19(25)15-5-9-18(10-6-15)24-14-20-13-21-24/h5-14H,3-4H2,1-2H3,(H,22,25). The average molecular weight is 335 g/mol. The summed E-state index contributed by atoms with van der Waals surface area (Å²) < 4.78 is 1.65. The predicted molar refractivity (Wildman–Crippen MR) is 99.3 cm³/mol. The SMILES string of the molecule is CCN(CC)c1ccc(NC(=O)c2ccc(-n3cncn3)cc2)cc1. The fourth-order valence-corrected chi connectivity index (χ4v) is 2.65. The van der Waals surface area contributed by atoms with Crippen LogP contribution in [0.3, 0.4) is 0 Å². The zero-order chi connectivity index (χ0) is 17.6. The molecular weight excluding hydrogens is 314 g/mol. The van der Waals surface area contributed by atoms with E-state index in [4.69, 9.17) is 0 Å². The highest BCUT2D eigenvalue weighted by Gasteiger charge is 2.08. The number of carbonyl (C=O) groups is 1. The molecule has 0 unspecified atom stereocenters. The molecule has 1 heterocycles. The van der Waals surface area contributed by atoms with Gasteiger partial charge in [-0.3, -0.25) is 4.79 Å². The number of amides is 1. The van der Waals surface area contributed by atoms with Gasteiger partial charge in [-0.05, 0) is 62.4 Å². The molecule has 1 amide bonds. The van der Waals surface area contributed by atoms with E-state index in [2.05, 4.69) is 34.1 Å². The van der Waals surface area contributed by atoms with E-state index >= 15 is 0 Å². The van der Waals surface area contributed by atoms with E-state index in [-0.39, 0.29) is 5.91 Å². The molecule has 1 aromatic heterocycles. The van der Waals surface area contributed by atoms with Gasteiger partial charge in [0.15, 0.2) is 0 Å². The Labute approximate surface area is 147 Å². The molecule has 0 atom stereocenters. The maximum atomic E-state index is 12.4. The number of carbonyl (C=O) groups excluding carboxylic acids is 1. The monoisotopic (exact) mass is 335 g/mol. The molecule has 0 radical (unpaired) electrons. The third kappa shape index (κ3) is 3.85. The third-order valence-electron chi connectivity index (χ3n) is 4.07. The van der Waals surface area contributed by atoms with Crippen molar-refractivity contribution in [3.8, 4) is 5.69 Å². The van der Waals surface area contributed by atoms with Gasteiger partial charge in [0.25, 0.3) is 5.91 Å². The fourth-order valence-electron chi connectivity index (χ4n) is 2.65. The van der Waals surface area contributed by atoms with Crippen LogP contribution in [-0.4, -0.2) is 33.8 Å². The molecule has 0 saturated carbocycles. The molecule has 0 aliphatic carbocycles. The molecule has 1 N–H and O–H groups in total. The maximum absolute atomic E-state index is 12.4. The van der Waals surface area contributed by atoms with Gasteiger partial charge in [0.05, 0.1) is 5.69 Å². The lowest BCUT2D eigenvalue weighted by Gasteiger charge is -2.21. The van der Waals surface area contributed by atoms with Gasteiger partial charge >= 0.3 is 0 Å². The summed E-state index contributed by atoms with van der Waals surface area (Å²) >= 11 is 0. The highest BCUT2D eigenvalue weighted by atomic mass is 16.1. The molecule has 0 fully saturated rings. The smallest absolute Gasteiger partial charge is 0.255 e. The summed E-state index contributed by atoms with van der Waals surface area (Å²) in [6, 6.07) is 15.1. The second-order valence-electron chi connectivity index (χ2n) is 5.56. The van der Waals surface area contributed by atoms with Crippen molar-refractivity contribution in [3.63, 3.8) is 0 Å². The van der Waals surface area contributed by atoms with Crippen LogP contribution in [0, 0.1) is 0 Å². The second-order valence-corrected chi connectivity index (χ2v) is 5.56. The number of nitrogens with zero attached hydrogens (tertiary/aromatic N) is 4. The summed E-state index contributed by atoms with van der Waals surface area (Å²) in [5.74, 6) is -0.138. The maximum Gasteiger partial charge on any atom is 0.255 e. The van der Waals surface area contributed by atoms with Crippen molar-refractivity contribution in [1.29, 1.82) is 0 Å². The first-order valence-electron chi connectivity index (χ1n) is 8.32. The number of nitrogens with one attached hydrogen (secondary N) is 1. The van der Waals surface area contributed by atoms with E-state index in [9.17, 15) is 4.79 Å². The lowest BCUT2D eigenvalue weighted by molar-refractivity contribution is 0.102. The Bertz CT molecular complexity index is 806. The van der Waals surface area contributed by atoms with Gasteiger partial charge in [0.1, 0.15) is 12.7 Å². The van der Waals surface area contributed by atoms with Crippen molar-refractivity contribution in [2.45, 2.75) is 13.8 Å². The topological polar surface area (TPSA) is 63.1 Å². The molecule has 0 saturated heterocycles. The molecule has 0 aliphatic heterocycles. The van der Waals surface area contributed by atoms with E-state index in [0.29, 0.717) is 5.56 Å². The normalized spacial score (nSPS) is 10.5. The van der Waals surface area contributed by atoms with E-state index < -0.39 is 0 Å². The quantitative estimate of drug-likeness (QED) is 0.750. The van der Waals surface area contributed by atoms with Crippen LogP contribution in [-0.2, 0) is 0 Å². The van der Waals surface area contributed by atoms with Crippen LogP contribution >= 0.6 is 0 Å². The molecule has 128 valence electrons. The van der Waals surface area contributed by atoms with Gasteiger partial charge in [-0.2, -0.15) is 5.10 Å². The molecule has 3 aromatic rings. The Kier molecular flexibility index (Phi) is 5.09. The van der Waals surface area contributed by atoms with Crippen molar-refractivity contribution in [2.24, 2.45) is 0 Å². The summed E-state index contributed by atoms with van der Waals surface area (Å²) in [6.07, 6.45) is 3.09. The largest absolute Gasteiger partial charge is 0.372 e. The molecular formula is C19H21N5O. The lowest BCUT2D eigenvalue weighted by atomic mass is 10.2. The van der Waals surface area contributed by atoms with Crippen molar-refractivity contribution >= 4 is 17.3 Å². The van der Waals surface area contributed by atoms with Crippen LogP contribution in [0.5, 0.6) is 0 Å². The minimum absolute atomic E-state index is 0.138. The number of benzene rings is 2. The molecule has 3 rings (SSSR count). The molecule has 0 bridgehead atoms. The summed E-state index contributed by atoms with van der Waals surface area (Å²) in [6.45, 7) is 6.17. The van der Waals surface area contributed by atoms with Gasteiger partial charge in [-0.15, -0.1) is 0 Å².